The molecular weight excluding hydrogens is 549 g/mol. The Hall–Kier alpha value is -3.25. The standard InChI is InChI=1S/C27H34N7O6P/c1-15(25(35)37-2)33-41(36,40-18-6-4-3-5-7-18)39-13-27-11-16-10-19(27)22(38-12-27)21(16)34-14-29-20-23(30-17-8-9-17)31-26(28)32-24(20)34/h3-7,14-17,19,21-22H,8-13H2,1-2H3,(H,33,36)(H3,28,30,31,32)/t15-,16?,19?,21?,22?,27?,41?/m0/s1. The van der Waals surface area contributed by atoms with Gasteiger partial charge in [0, 0.05) is 11.5 Å². The second-order valence-electron chi connectivity index (χ2n) is 11.7. The molecule has 4 aliphatic rings. The van der Waals surface area contributed by atoms with E-state index in [4.69, 9.17) is 24.3 Å². The fourth-order valence-electron chi connectivity index (χ4n) is 6.88. The van der Waals surface area contributed by atoms with Crippen LogP contribution in [0.1, 0.15) is 38.6 Å². The number of rotatable bonds is 11. The normalized spacial score (nSPS) is 30.3. The van der Waals surface area contributed by atoms with Crippen molar-refractivity contribution in [3.8, 4) is 5.75 Å². The molecule has 1 saturated heterocycles. The quantitative estimate of drug-likeness (QED) is 0.223. The van der Waals surface area contributed by atoms with Crippen LogP contribution in [0.25, 0.3) is 11.2 Å². The summed E-state index contributed by atoms with van der Waals surface area (Å²) in [6.45, 7) is 2.20. The number of imidazole rings is 1. The maximum absolute atomic E-state index is 13.9. The number of ether oxygens (including phenoxy) is 2. The van der Waals surface area contributed by atoms with Gasteiger partial charge < -0.3 is 29.6 Å². The Labute approximate surface area is 237 Å². The van der Waals surface area contributed by atoms with E-state index in [0.717, 1.165) is 25.7 Å². The van der Waals surface area contributed by atoms with Crippen molar-refractivity contribution >= 4 is 36.6 Å². The summed E-state index contributed by atoms with van der Waals surface area (Å²) in [7, 11) is -2.67. The molecule has 7 atom stereocenters. The van der Waals surface area contributed by atoms with Crippen molar-refractivity contribution in [2.24, 2.45) is 17.3 Å². The Kier molecular flexibility index (Phi) is 6.46. The van der Waals surface area contributed by atoms with Crippen LogP contribution in [0, 0.1) is 17.3 Å². The molecule has 2 bridgehead atoms. The lowest BCUT2D eigenvalue weighted by atomic mass is 9.74. The summed E-state index contributed by atoms with van der Waals surface area (Å²) in [6.07, 6.45) is 5.74. The molecule has 6 unspecified atom stereocenters. The predicted octanol–water partition coefficient (Wildman–Crippen LogP) is 3.30. The molecule has 3 aliphatic carbocycles. The average Bonchev–Trinajstić information content (AvgIpc) is 3.28. The van der Waals surface area contributed by atoms with E-state index >= 15 is 0 Å². The van der Waals surface area contributed by atoms with Gasteiger partial charge in [0.05, 0.1) is 38.8 Å². The number of anilines is 2. The van der Waals surface area contributed by atoms with Crippen LogP contribution in [0.5, 0.6) is 5.75 Å². The number of esters is 1. The molecular formula is C27H34N7O6P. The molecule has 4 fully saturated rings. The number of carbonyl (C=O) groups is 1. The van der Waals surface area contributed by atoms with Gasteiger partial charge in [0.25, 0.3) is 0 Å². The number of nitrogens with one attached hydrogen (secondary N) is 2. The van der Waals surface area contributed by atoms with Crippen LogP contribution in [-0.2, 0) is 23.4 Å². The molecule has 0 radical (unpaired) electrons. The molecule has 7 rings (SSSR count). The number of nitrogen functional groups attached to an aromatic ring is 1. The number of benzene rings is 1. The van der Waals surface area contributed by atoms with Crippen LogP contribution >= 0.6 is 7.75 Å². The van der Waals surface area contributed by atoms with Crippen LogP contribution in [0.15, 0.2) is 36.7 Å². The van der Waals surface area contributed by atoms with Gasteiger partial charge in [-0.15, -0.1) is 0 Å². The number of aromatic nitrogens is 4. The number of fused-ring (bicyclic) bond motifs is 2. The Morgan fingerprint density at radius 2 is 2.10 bits per heavy atom. The Balaban J connectivity index is 1.11. The number of carbonyl (C=O) groups excluding carboxylic acids is 1. The first kappa shape index (κ1) is 26.6. The largest absolute Gasteiger partial charge is 0.468 e. The van der Waals surface area contributed by atoms with Crippen molar-refractivity contribution in [3.63, 3.8) is 0 Å². The zero-order valence-electron chi connectivity index (χ0n) is 22.9. The van der Waals surface area contributed by atoms with Gasteiger partial charge in [0.2, 0.25) is 5.95 Å². The van der Waals surface area contributed by atoms with Gasteiger partial charge in [0.15, 0.2) is 17.0 Å². The third-order valence-electron chi connectivity index (χ3n) is 8.87. The van der Waals surface area contributed by atoms with Crippen molar-refractivity contribution in [2.75, 3.05) is 31.4 Å². The lowest BCUT2D eigenvalue weighted by Crippen LogP contribution is -2.40. The summed E-state index contributed by atoms with van der Waals surface area (Å²) in [5, 5.41) is 6.17. The van der Waals surface area contributed by atoms with Crippen LogP contribution in [0.4, 0.5) is 11.8 Å². The van der Waals surface area contributed by atoms with Crippen LogP contribution in [0.2, 0.25) is 0 Å². The van der Waals surface area contributed by atoms with E-state index in [1.165, 1.54) is 7.11 Å². The zero-order chi connectivity index (χ0) is 28.4. The minimum absolute atomic E-state index is 0.0496. The molecule has 4 N–H and O–H groups in total. The van der Waals surface area contributed by atoms with E-state index in [2.05, 4.69) is 29.9 Å². The predicted molar refractivity (Wildman–Crippen MR) is 149 cm³/mol. The first-order valence-corrected chi connectivity index (χ1v) is 15.5. The second kappa shape index (κ2) is 9.94. The smallest absolute Gasteiger partial charge is 0.459 e. The molecule has 3 saturated carbocycles. The first-order valence-electron chi connectivity index (χ1n) is 14.0. The van der Waals surface area contributed by atoms with E-state index in [1.54, 1.807) is 31.2 Å². The molecule has 14 heteroatoms. The Morgan fingerprint density at radius 3 is 2.85 bits per heavy atom. The zero-order valence-corrected chi connectivity index (χ0v) is 23.8. The average molecular weight is 584 g/mol. The van der Waals surface area contributed by atoms with Gasteiger partial charge in [0.1, 0.15) is 11.8 Å². The van der Waals surface area contributed by atoms with Crippen molar-refractivity contribution in [1.29, 1.82) is 0 Å². The summed E-state index contributed by atoms with van der Waals surface area (Å²) >= 11 is 0. The van der Waals surface area contributed by atoms with Crippen LogP contribution < -0.4 is 20.7 Å². The SMILES string of the molecule is COC(=O)[C@H](C)NP(=O)(OCC12COC3C(n4cnc5c(NC6CC6)nc(N)nc54)C(CC31)C2)Oc1ccccc1. The molecule has 3 aromatic rings. The fraction of sp³-hybridized carbons (Fsp3) is 0.556. The molecule has 1 aliphatic heterocycles. The maximum atomic E-state index is 13.9. The van der Waals surface area contributed by atoms with Gasteiger partial charge in [-0.05, 0) is 56.6 Å². The summed E-state index contributed by atoms with van der Waals surface area (Å²) in [5.74, 6) is 1.18. The molecule has 0 amide bonds. The van der Waals surface area contributed by atoms with Crippen molar-refractivity contribution in [3.05, 3.63) is 36.7 Å². The Morgan fingerprint density at radius 1 is 1.29 bits per heavy atom. The number of hydrogen-bond donors (Lipinski definition) is 3. The molecule has 3 heterocycles. The van der Waals surface area contributed by atoms with Crippen molar-refractivity contribution < 1.29 is 27.9 Å². The highest BCUT2D eigenvalue weighted by Gasteiger charge is 2.66. The number of hydrogen-bond acceptors (Lipinski definition) is 11. The summed E-state index contributed by atoms with van der Waals surface area (Å²) in [4.78, 5) is 25.7. The van der Waals surface area contributed by atoms with E-state index in [9.17, 15) is 9.36 Å². The third-order valence-corrected chi connectivity index (χ3v) is 10.5. The lowest BCUT2D eigenvalue weighted by molar-refractivity contribution is -0.142. The maximum Gasteiger partial charge on any atom is 0.459 e. The molecule has 41 heavy (non-hydrogen) atoms. The number of nitrogens with zero attached hydrogens (tertiary/aromatic N) is 4. The number of methoxy groups -OCH3 is 1. The summed E-state index contributed by atoms with van der Waals surface area (Å²) in [6, 6.07) is 8.32. The van der Waals surface area contributed by atoms with Crippen molar-refractivity contribution in [2.45, 2.75) is 56.8 Å². The third kappa shape index (κ3) is 4.74. The summed E-state index contributed by atoms with van der Waals surface area (Å²) < 4.78 is 39.2. The lowest BCUT2D eigenvalue weighted by Gasteiger charge is -2.36. The van der Waals surface area contributed by atoms with Crippen molar-refractivity contribution in [1.82, 2.24) is 24.6 Å². The van der Waals surface area contributed by atoms with Gasteiger partial charge in [-0.3, -0.25) is 9.32 Å². The van der Waals surface area contributed by atoms with Gasteiger partial charge in [-0.2, -0.15) is 15.1 Å². The van der Waals surface area contributed by atoms with Crippen LogP contribution in [-0.4, -0.2) is 64.0 Å². The topological polar surface area (TPSA) is 165 Å². The van der Waals surface area contributed by atoms with E-state index < -0.39 is 19.8 Å². The first-order chi connectivity index (χ1) is 19.8. The van der Waals surface area contributed by atoms with Gasteiger partial charge >= 0.3 is 13.7 Å². The van der Waals surface area contributed by atoms with Gasteiger partial charge in [-0.1, -0.05) is 18.2 Å². The Bertz CT molecular complexity index is 1520. The van der Waals surface area contributed by atoms with E-state index in [-0.39, 0.29) is 36.0 Å². The van der Waals surface area contributed by atoms with E-state index in [1.807, 2.05) is 12.4 Å². The second-order valence-corrected chi connectivity index (χ2v) is 13.4. The summed E-state index contributed by atoms with van der Waals surface area (Å²) in [5.41, 5.74) is 7.19. The number of nitrogens with two attached hydrogens (primary N) is 1. The molecule has 0 spiro atoms. The van der Waals surface area contributed by atoms with E-state index in [0.29, 0.717) is 41.3 Å². The van der Waals surface area contributed by atoms with Gasteiger partial charge in [-0.25, -0.2) is 9.55 Å². The highest BCUT2D eigenvalue weighted by molar-refractivity contribution is 7.52. The monoisotopic (exact) mass is 583 g/mol. The molecule has 218 valence electrons. The fourth-order valence-corrected chi connectivity index (χ4v) is 8.47. The minimum Gasteiger partial charge on any atom is -0.468 e. The molecule has 1 aromatic carbocycles. The van der Waals surface area contributed by atoms with Crippen LogP contribution in [0.3, 0.4) is 0 Å². The highest BCUT2D eigenvalue weighted by Crippen LogP contribution is 2.66. The molecule has 2 aromatic heterocycles. The minimum atomic E-state index is -3.95. The number of para-hydroxylation sites is 1. The molecule has 13 nitrogen and oxygen atoms in total. The highest BCUT2D eigenvalue weighted by atomic mass is 31.2.